The number of nitrogens with one attached hydrogen (secondary N) is 1. The van der Waals surface area contributed by atoms with E-state index >= 15 is 0 Å². The van der Waals surface area contributed by atoms with Gasteiger partial charge in [0.25, 0.3) is 0 Å². The van der Waals surface area contributed by atoms with Gasteiger partial charge in [-0.25, -0.2) is 4.79 Å². The van der Waals surface area contributed by atoms with Crippen LogP contribution in [0.15, 0.2) is 72.1 Å². The largest absolute Gasteiger partial charge is 0.332 e. The Morgan fingerprint density at radius 1 is 0.970 bits per heavy atom. The number of carbonyl (C=O) groups is 2. The number of anilines is 1. The molecule has 3 amide bonds. The lowest BCUT2D eigenvalue weighted by atomic mass is 10.2. The third-order valence-electron chi connectivity index (χ3n) is 5.16. The van der Waals surface area contributed by atoms with E-state index in [1.54, 1.807) is 45.4 Å². The van der Waals surface area contributed by atoms with Crippen molar-refractivity contribution in [3.05, 3.63) is 88.1 Å². The minimum absolute atomic E-state index is 0.000319. The molecule has 0 fully saturated rings. The van der Waals surface area contributed by atoms with Crippen LogP contribution >= 0.6 is 11.3 Å². The maximum absolute atomic E-state index is 13.4. The van der Waals surface area contributed by atoms with E-state index in [0.29, 0.717) is 30.9 Å². The summed E-state index contributed by atoms with van der Waals surface area (Å²) in [6, 6.07) is 22.3. The summed E-state index contributed by atoms with van der Waals surface area (Å²) in [6.07, 6.45) is 1.72. The molecule has 0 aliphatic rings. The predicted octanol–water partition coefficient (Wildman–Crippen LogP) is 5.48. The minimum Gasteiger partial charge on any atom is -0.332 e. The van der Waals surface area contributed by atoms with E-state index in [1.807, 2.05) is 47.8 Å². The molecule has 7 heteroatoms. The van der Waals surface area contributed by atoms with Crippen molar-refractivity contribution in [2.45, 2.75) is 32.9 Å². The predicted molar refractivity (Wildman–Crippen MR) is 132 cm³/mol. The highest BCUT2D eigenvalue weighted by atomic mass is 32.1. The molecule has 0 aliphatic carbocycles. The summed E-state index contributed by atoms with van der Waals surface area (Å²) in [6.45, 7) is 3.53. The van der Waals surface area contributed by atoms with Gasteiger partial charge in [-0.2, -0.15) is 5.26 Å². The number of nitriles is 1. The zero-order valence-electron chi connectivity index (χ0n) is 18.7. The van der Waals surface area contributed by atoms with Crippen molar-refractivity contribution in [2.75, 3.05) is 18.4 Å². The summed E-state index contributed by atoms with van der Waals surface area (Å²) in [7, 11) is 0. The molecule has 2 aromatic carbocycles. The van der Waals surface area contributed by atoms with Crippen molar-refractivity contribution < 1.29 is 9.59 Å². The van der Waals surface area contributed by atoms with Crippen LogP contribution < -0.4 is 5.32 Å². The van der Waals surface area contributed by atoms with Gasteiger partial charge in [0.05, 0.1) is 18.2 Å². The number of amides is 3. The Bertz CT molecular complexity index is 1060. The molecular formula is C26H28N4O2S. The number of thiophene rings is 1. The number of rotatable bonds is 10. The van der Waals surface area contributed by atoms with Gasteiger partial charge in [-0.15, -0.1) is 11.3 Å². The van der Waals surface area contributed by atoms with Gasteiger partial charge < -0.3 is 15.1 Å². The molecule has 0 saturated carbocycles. The van der Waals surface area contributed by atoms with Crippen LogP contribution in [0.25, 0.3) is 0 Å². The number of hydrogen-bond acceptors (Lipinski definition) is 4. The van der Waals surface area contributed by atoms with Crippen LogP contribution in [0.1, 0.15) is 35.8 Å². The zero-order chi connectivity index (χ0) is 23.5. The van der Waals surface area contributed by atoms with Crippen LogP contribution in [0, 0.1) is 11.3 Å². The quantitative estimate of drug-likeness (QED) is 0.435. The second kappa shape index (κ2) is 12.4. The van der Waals surface area contributed by atoms with Crippen molar-refractivity contribution >= 4 is 29.0 Å². The Morgan fingerprint density at radius 3 is 2.36 bits per heavy atom. The average molecular weight is 461 g/mol. The first kappa shape index (κ1) is 24.0. The fraction of sp³-hybridized carbons (Fsp3) is 0.269. The first-order chi connectivity index (χ1) is 16.1. The third-order valence-corrected chi connectivity index (χ3v) is 6.02. The number of benzene rings is 2. The van der Waals surface area contributed by atoms with Crippen LogP contribution in [0.5, 0.6) is 0 Å². The van der Waals surface area contributed by atoms with Crippen molar-refractivity contribution in [3.8, 4) is 6.07 Å². The lowest BCUT2D eigenvalue weighted by Crippen LogP contribution is -2.44. The maximum atomic E-state index is 13.4. The average Bonchev–Trinajstić information content (AvgIpc) is 3.35. The van der Waals surface area contributed by atoms with Crippen molar-refractivity contribution in [1.82, 2.24) is 9.80 Å². The number of urea groups is 1. The molecule has 0 atom stereocenters. The molecule has 3 aromatic rings. The summed E-state index contributed by atoms with van der Waals surface area (Å²) in [4.78, 5) is 30.8. The minimum atomic E-state index is -0.322. The van der Waals surface area contributed by atoms with Crippen molar-refractivity contribution in [3.63, 3.8) is 0 Å². The maximum Gasteiger partial charge on any atom is 0.322 e. The van der Waals surface area contributed by atoms with Gasteiger partial charge in [-0.05, 0) is 47.7 Å². The molecule has 0 spiro atoms. The van der Waals surface area contributed by atoms with Gasteiger partial charge in [-0.3, -0.25) is 4.79 Å². The Balaban J connectivity index is 1.72. The molecule has 0 aliphatic heterocycles. The summed E-state index contributed by atoms with van der Waals surface area (Å²) >= 11 is 1.61. The molecule has 0 unspecified atom stereocenters. The zero-order valence-corrected chi connectivity index (χ0v) is 19.6. The molecule has 170 valence electrons. The lowest BCUT2D eigenvalue weighted by Gasteiger charge is -2.28. The van der Waals surface area contributed by atoms with Gasteiger partial charge in [0.15, 0.2) is 0 Å². The van der Waals surface area contributed by atoms with Gasteiger partial charge in [-0.1, -0.05) is 49.7 Å². The van der Waals surface area contributed by atoms with Gasteiger partial charge >= 0.3 is 6.03 Å². The van der Waals surface area contributed by atoms with Crippen LogP contribution in [0.2, 0.25) is 0 Å². The Labute approximate surface area is 199 Å². The third kappa shape index (κ3) is 7.48. The number of unbranched alkanes of at least 4 members (excludes halogenated alkanes) is 1. The molecule has 0 bridgehead atoms. The summed E-state index contributed by atoms with van der Waals surface area (Å²) < 4.78 is 0. The van der Waals surface area contributed by atoms with E-state index in [-0.39, 0.29) is 18.5 Å². The second-order valence-corrected chi connectivity index (χ2v) is 8.74. The Hall–Kier alpha value is -3.63. The van der Waals surface area contributed by atoms with Crippen LogP contribution in [-0.2, 0) is 17.9 Å². The van der Waals surface area contributed by atoms with Gasteiger partial charge in [0.2, 0.25) is 5.91 Å². The van der Waals surface area contributed by atoms with E-state index in [4.69, 9.17) is 5.26 Å². The van der Waals surface area contributed by atoms with Crippen LogP contribution in [-0.4, -0.2) is 34.8 Å². The highest BCUT2D eigenvalue weighted by Crippen LogP contribution is 2.16. The smallest absolute Gasteiger partial charge is 0.322 e. The van der Waals surface area contributed by atoms with E-state index in [0.717, 1.165) is 23.3 Å². The second-order valence-electron chi connectivity index (χ2n) is 7.71. The first-order valence-electron chi connectivity index (χ1n) is 11.0. The normalized spacial score (nSPS) is 10.3. The first-order valence-corrected chi connectivity index (χ1v) is 11.9. The topological polar surface area (TPSA) is 76.4 Å². The number of carbonyl (C=O) groups excluding carboxylic acids is 2. The molecule has 33 heavy (non-hydrogen) atoms. The SMILES string of the molecule is CCCCN(CC(=O)N(Cc1ccccc1)Cc1cccs1)C(=O)Nc1ccc(C#N)cc1. The lowest BCUT2D eigenvalue weighted by molar-refractivity contribution is -0.133. The van der Waals surface area contributed by atoms with Crippen molar-refractivity contribution in [2.24, 2.45) is 0 Å². The fourth-order valence-corrected chi connectivity index (χ4v) is 4.04. The highest BCUT2D eigenvalue weighted by Gasteiger charge is 2.22. The highest BCUT2D eigenvalue weighted by molar-refractivity contribution is 7.09. The van der Waals surface area contributed by atoms with E-state index < -0.39 is 0 Å². The molecule has 6 nitrogen and oxygen atoms in total. The Kier molecular flexibility index (Phi) is 9.04. The summed E-state index contributed by atoms with van der Waals surface area (Å²) in [5.74, 6) is -0.0988. The molecule has 3 rings (SSSR count). The number of nitrogens with zero attached hydrogens (tertiary/aromatic N) is 3. The van der Waals surface area contributed by atoms with Crippen molar-refractivity contribution in [1.29, 1.82) is 5.26 Å². The molecular weight excluding hydrogens is 432 g/mol. The van der Waals surface area contributed by atoms with Crippen LogP contribution in [0.3, 0.4) is 0 Å². The van der Waals surface area contributed by atoms with E-state index in [1.165, 1.54) is 0 Å². The van der Waals surface area contributed by atoms with Gasteiger partial charge in [0.1, 0.15) is 6.54 Å². The molecule has 1 aromatic heterocycles. The molecule has 0 radical (unpaired) electrons. The molecule has 1 N–H and O–H groups in total. The fourth-order valence-electron chi connectivity index (χ4n) is 3.32. The van der Waals surface area contributed by atoms with Gasteiger partial charge in [0, 0.05) is 23.7 Å². The standard InChI is InChI=1S/C26H28N4O2S/c1-2-3-15-29(26(32)28-23-13-11-21(17-27)12-14-23)20-25(31)30(19-24-10-7-16-33-24)18-22-8-5-4-6-9-22/h4-14,16H,2-3,15,18-20H2,1H3,(H,28,32). The summed E-state index contributed by atoms with van der Waals surface area (Å²) in [5, 5.41) is 13.8. The van der Waals surface area contributed by atoms with E-state index in [9.17, 15) is 9.59 Å². The monoisotopic (exact) mass is 460 g/mol. The number of hydrogen-bond donors (Lipinski definition) is 1. The summed E-state index contributed by atoms with van der Waals surface area (Å²) in [5.41, 5.74) is 2.16. The Morgan fingerprint density at radius 2 is 1.73 bits per heavy atom. The molecule has 0 saturated heterocycles. The van der Waals surface area contributed by atoms with E-state index in [2.05, 4.69) is 18.3 Å². The molecule has 1 heterocycles. The van der Waals surface area contributed by atoms with Crippen LogP contribution in [0.4, 0.5) is 10.5 Å².